The van der Waals surface area contributed by atoms with Gasteiger partial charge in [-0.2, -0.15) is 0 Å². The van der Waals surface area contributed by atoms with Gasteiger partial charge in [-0.1, -0.05) is 6.07 Å². The van der Waals surface area contributed by atoms with Gasteiger partial charge in [0.25, 0.3) is 0 Å². The van der Waals surface area contributed by atoms with Gasteiger partial charge in [-0.25, -0.2) is 13.8 Å². The fourth-order valence-electron chi connectivity index (χ4n) is 2.74. The molecule has 0 radical (unpaired) electrons. The minimum atomic E-state index is -0.594. The van der Waals surface area contributed by atoms with E-state index in [0.29, 0.717) is 24.1 Å². The average Bonchev–Trinajstić information content (AvgIpc) is 2.98. The molecule has 3 rings (SSSR count). The van der Waals surface area contributed by atoms with E-state index in [2.05, 4.69) is 4.98 Å². The number of benzene rings is 1. The summed E-state index contributed by atoms with van der Waals surface area (Å²) in [5.74, 6) is -1.29. The largest absolute Gasteiger partial charge is 0.369 e. The molecule has 1 amide bonds. The maximum atomic E-state index is 13.9. The van der Waals surface area contributed by atoms with Crippen LogP contribution < -0.4 is 5.73 Å². The van der Waals surface area contributed by atoms with Crippen LogP contribution in [-0.2, 0) is 11.2 Å². The molecular formula is C15H15F2N3O. The van der Waals surface area contributed by atoms with Crippen molar-refractivity contribution < 1.29 is 13.6 Å². The van der Waals surface area contributed by atoms with Gasteiger partial charge < -0.3 is 10.3 Å². The number of hydrogen-bond donors (Lipinski definition) is 1. The molecule has 6 heteroatoms. The molecule has 1 aliphatic heterocycles. The molecule has 0 spiro atoms. The summed E-state index contributed by atoms with van der Waals surface area (Å²) in [6, 6.07) is 3.38. The van der Waals surface area contributed by atoms with Crippen molar-refractivity contribution in [2.24, 2.45) is 5.73 Å². The predicted octanol–water partition coefficient (Wildman–Crippen LogP) is 2.29. The van der Waals surface area contributed by atoms with Crippen LogP contribution >= 0.6 is 0 Å². The first-order valence-corrected chi connectivity index (χ1v) is 6.79. The van der Waals surface area contributed by atoms with Gasteiger partial charge in [-0.05, 0) is 19.4 Å². The van der Waals surface area contributed by atoms with Gasteiger partial charge in [-0.3, -0.25) is 4.79 Å². The number of nitrogens with zero attached hydrogens (tertiary/aromatic N) is 2. The molecule has 1 aromatic heterocycles. The number of aromatic nitrogens is 2. The van der Waals surface area contributed by atoms with Crippen LogP contribution in [0.1, 0.15) is 42.4 Å². The first-order valence-electron chi connectivity index (χ1n) is 6.79. The highest BCUT2D eigenvalue weighted by Crippen LogP contribution is 2.34. The van der Waals surface area contributed by atoms with Crippen molar-refractivity contribution >= 4 is 5.91 Å². The Balaban J connectivity index is 1.98. The zero-order valence-corrected chi connectivity index (χ0v) is 11.5. The number of rotatable bonds is 3. The first-order chi connectivity index (χ1) is 9.97. The molecule has 0 saturated heterocycles. The van der Waals surface area contributed by atoms with E-state index in [4.69, 9.17) is 5.73 Å². The number of fused-ring (bicyclic) bond motifs is 1. The van der Waals surface area contributed by atoms with Crippen molar-refractivity contribution in [1.82, 2.24) is 9.55 Å². The molecule has 1 aromatic carbocycles. The molecule has 110 valence electrons. The van der Waals surface area contributed by atoms with E-state index >= 15 is 0 Å². The molecule has 2 atom stereocenters. The number of imidazole rings is 1. The highest BCUT2D eigenvalue weighted by molar-refractivity contribution is 5.80. The number of amides is 1. The van der Waals surface area contributed by atoms with E-state index in [1.807, 2.05) is 4.57 Å². The van der Waals surface area contributed by atoms with E-state index in [9.17, 15) is 13.6 Å². The van der Waals surface area contributed by atoms with Gasteiger partial charge in [-0.15, -0.1) is 0 Å². The first kappa shape index (κ1) is 13.7. The molecule has 1 unspecified atom stereocenters. The van der Waals surface area contributed by atoms with Crippen molar-refractivity contribution in [3.63, 3.8) is 0 Å². The molecule has 0 saturated carbocycles. The van der Waals surface area contributed by atoms with Crippen molar-refractivity contribution in [2.75, 3.05) is 0 Å². The van der Waals surface area contributed by atoms with Crippen LogP contribution in [0.25, 0.3) is 0 Å². The molecule has 1 aliphatic rings. The molecule has 0 aliphatic carbocycles. The Morgan fingerprint density at radius 3 is 2.90 bits per heavy atom. The second kappa shape index (κ2) is 4.95. The molecule has 4 nitrogen and oxygen atoms in total. The highest BCUT2D eigenvalue weighted by atomic mass is 19.1. The van der Waals surface area contributed by atoms with Gasteiger partial charge in [0.05, 0.1) is 17.7 Å². The lowest BCUT2D eigenvalue weighted by Gasteiger charge is -2.14. The molecular weight excluding hydrogens is 276 g/mol. The standard InChI is InChI=1S/C15H15F2N3O/c1-8(15(18)21)12-7-20-13(4-5-14(20)19-12)10-3-2-9(16)6-11(10)17/h2-3,6-8,13H,4-5H2,1H3,(H2,18,21)/t8?,13-/m1/s1. The predicted molar refractivity (Wildman–Crippen MR) is 72.7 cm³/mol. The average molecular weight is 291 g/mol. The van der Waals surface area contributed by atoms with Gasteiger partial charge in [0.2, 0.25) is 5.91 Å². The Labute approximate surface area is 120 Å². The summed E-state index contributed by atoms with van der Waals surface area (Å²) in [5.41, 5.74) is 6.31. The molecule has 0 fully saturated rings. The Hall–Kier alpha value is -2.24. The number of carbonyl (C=O) groups excluding carboxylic acids is 1. The number of hydrogen-bond acceptors (Lipinski definition) is 2. The van der Waals surface area contributed by atoms with Crippen LogP contribution in [0.2, 0.25) is 0 Å². The lowest BCUT2D eigenvalue weighted by atomic mass is 10.0. The van der Waals surface area contributed by atoms with Crippen molar-refractivity contribution in [3.05, 3.63) is 53.1 Å². The Kier molecular flexibility index (Phi) is 3.23. The Bertz CT molecular complexity index is 711. The van der Waals surface area contributed by atoms with Crippen molar-refractivity contribution in [1.29, 1.82) is 0 Å². The van der Waals surface area contributed by atoms with E-state index in [0.717, 1.165) is 11.9 Å². The van der Waals surface area contributed by atoms with Crippen molar-refractivity contribution in [3.8, 4) is 0 Å². The summed E-state index contributed by atoms with van der Waals surface area (Å²) < 4.78 is 28.8. The minimum Gasteiger partial charge on any atom is -0.369 e. The quantitative estimate of drug-likeness (QED) is 0.943. The van der Waals surface area contributed by atoms with Gasteiger partial charge in [0, 0.05) is 24.2 Å². The maximum Gasteiger partial charge on any atom is 0.226 e. The van der Waals surface area contributed by atoms with Crippen LogP contribution in [0.4, 0.5) is 8.78 Å². The maximum absolute atomic E-state index is 13.9. The smallest absolute Gasteiger partial charge is 0.226 e. The monoisotopic (exact) mass is 291 g/mol. The fraction of sp³-hybridized carbons (Fsp3) is 0.333. The third-order valence-corrected chi connectivity index (χ3v) is 4.00. The zero-order chi connectivity index (χ0) is 15.1. The molecule has 2 N–H and O–H groups in total. The highest BCUT2D eigenvalue weighted by Gasteiger charge is 2.29. The fourth-order valence-corrected chi connectivity index (χ4v) is 2.74. The summed E-state index contributed by atoms with van der Waals surface area (Å²) in [4.78, 5) is 15.6. The Morgan fingerprint density at radius 1 is 1.48 bits per heavy atom. The van der Waals surface area contributed by atoms with E-state index < -0.39 is 23.5 Å². The van der Waals surface area contributed by atoms with E-state index in [-0.39, 0.29) is 6.04 Å². The van der Waals surface area contributed by atoms with Crippen LogP contribution in [0, 0.1) is 11.6 Å². The lowest BCUT2D eigenvalue weighted by Crippen LogP contribution is -2.19. The number of nitrogens with two attached hydrogens (primary N) is 1. The number of aryl methyl sites for hydroxylation is 1. The second-order valence-electron chi connectivity index (χ2n) is 5.33. The SMILES string of the molecule is CC(C(N)=O)c1cn2c(n1)CC[C@@H]2c1ccc(F)cc1F. The number of primary amides is 1. The molecule has 0 bridgehead atoms. The normalized spacial score (nSPS) is 18.5. The lowest BCUT2D eigenvalue weighted by molar-refractivity contribution is -0.119. The number of carbonyl (C=O) groups is 1. The summed E-state index contributed by atoms with van der Waals surface area (Å²) in [7, 11) is 0. The summed E-state index contributed by atoms with van der Waals surface area (Å²) >= 11 is 0. The van der Waals surface area contributed by atoms with E-state index in [1.54, 1.807) is 13.1 Å². The second-order valence-corrected chi connectivity index (χ2v) is 5.33. The number of halogens is 2. The minimum absolute atomic E-state index is 0.220. The van der Waals surface area contributed by atoms with Gasteiger partial charge >= 0.3 is 0 Å². The third kappa shape index (κ3) is 2.30. The zero-order valence-electron chi connectivity index (χ0n) is 11.5. The van der Waals surface area contributed by atoms with Crippen molar-refractivity contribution in [2.45, 2.75) is 31.7 Å². The molecule has 2 aromatic rings. The third-order valence-electron chi connectivity index (χ3n) is 4.00. The van der Waals surface area contributed by atoms with Crippen LogP contribution in [0.5, 0.6) is 0 Å². The summed E-state index contributed by atoms with van der Waals surface area (Å²) in [5, 5.41) is 0. The topological polar surface area (TPSA) is 60.9 Å². The molecule has 21 heavy (non-hydrogen) atoms. The van der Waals surface area contributed by atoms with Gasteiger partial charge in [0.1, 0.15) is 17.5 Å². The van der Waals surface area contributed by atoms with Gasteiger partial charge in [0.15, 0.2) is 0 Å². The van der Waals surface area contributed by atoms with Crippen LogP contribution in [-0.4, -0.2) is 15.5 Å². The van der Waals surface area contributed by atoms with Crippen LogP contribution in [0.15, 0.2) is 24.4 Å². The summed E-state index contributed by atoms with van der Waals surface area (Å²) in [6.07, 6.45) is 3.13. The molecule has 2 heterocycles. The summed E-state index contributed by atoms with van der Waals surface area (Å²) in [6.45, 7) is 1.69. The van der Waals surface area contributed by atoms with Crippen LogP contribution in [0.3, 0.4) is 0 Å². The van der Waals surface area contributed by atoms with E-state index in [1.165, 1.54) is 12.1 Å². The Morgan fingerprint density at radius 2 is 2.24 bits per heavy atom.